The van der Waals surface area contributed by atoms with Crippen LogP contribution in [0.15, 0.2) is 54.9 Å². The van der Waals surface area contributed by atoms with Gasteiger partial charge in [0.2, 0.25) is 11.8 Å². The van der Waals surface area contributed by atoms with E-state index in [1.54, 1.807) is 30.6 Å². The van der Waals surface area contributed by atoms with E-state index in [2.05, 4.69) is 4.98 Å². The number of carbonyl (C=O) groups excluding carboxylic acids is 2. The largest absolute Gasteiger partial charge is 0.339 e. The minimum Gasteiger partial charge on any atom is -0.339 e. The lowest BCUT2D eigenvalue weighted by Gasteiger charge is -2.47. The van der Waals surface area contributed by atoms with Crippen LogP contribution in [0.4, 0.5) is 4.39 Å². The van der Waals surface area contributed by atoms with Crippen LogP contribution >= 0.6 is 0 Å². The first-order valence-electron chi connectivity index (χ1n) is 10.0. The van der Waals surface area contributed by atoms with E-state index in [1.165, 1.54) is 18.2 Å². The maximum absolute atomic E-state index is 13.3. The van der Waals surface area contributed by atoms with E-state index in [9.17, 15) is 14.0 Å². The fourth-order valence-electron chi connectivity index (χ4n) is 4.33. The van der Waals surface area contributed by atoms with Crippen LogP contribution in [0.5, 0.6) is 0 Å². The zero-order chi connectivity index (χ0) is 20.2. The Hall–Kier alpha value is -3.02. The van der Waals surface area contributed by atoms with E-state index in [-0.39, 0.29) is 29.6 Å². The standard InChI is InChI=1S/C23H24FN3O2/c24-20-5-1-3-17(13-20)6-8-22(28)26-12-10-21-19(16-26)7-9-23(29)27(21)15-18-4-2-11-25-14-18/h1-6,8,11,13-14,19,21H,7,9-10,12,15-16H2/b8-6+/t19-,21+/m1/s1. The predicted octanol–water partition coefficient (Wildman–Crippen LogP) is 3.27. The molecule has 1 aromatic carbocycles. The summed E-state index contributed by atoms with van der Waals surface area (Å²) < 4.78 is 13.3. The molecule has 0 radical (unpaired) electrons. The maximum Gasteiger partial charge on any atom is 0.246 e. The molecule has 29 heavy (non-hydrogen) atoms. The number of amides is 2. The fraction of sp³-hybridized carbons (Fsp3) is 0.348. The average molecular weight is 393 g/mol. The number of likely N-dealkylation sites (tertiary alicyclic amines) is 2. The Balaban J connectivity index is 1.40. The van der Waals surface area contributed by atoms with E-state index in [4.69, 9.17) is 0 Å². The number of fused-ring (bicyclic) bond motifs is 1. The van der Waals surface area contributed by atoms with Gasteiger partial charge in [-0.2, -0.15) is 0 Å². The van der Waals surface area contributed by atoms with Crippen molar-refractivity contribution < 1.29 is 14.0 Å². The van der Waals surface area contributed by atoms with Gasteiger partial charge >= 0.3 is 0 Å². The third kappa shape index (κ3) is 4.53. The molecule has 0 unspecified atom stereocenters. The molecule has 2 atom stereocenters. The van der Waals surface area contributed by atoms with Gasteiger partial charge in [0.05, 0.1) is 0 Å². The van der Waals surface area contributed by atoms with Crippen LogP contribution in [0.1, 0.15) is 30.4 Å². The van der Waals surface area contributed by atoms with Gasteiger partial charge in [-0.3, -0.25) is 14.6 Å². The number of benzene rings is 1. The van der Waals surface area contributed by atoms with Crippen LogP contribution in [-0.4, -0.2) is 45.7 Å². The lowest BCUT2D eigenvalue weighted by molar-refractivity contribution is -0.143. The van der Waals surface area contributed by atoms with Gasteiger partial charge in [-0.25, -0.2) is 4.39 Å². The number of rotatable bonds is 4. The lowest BCUT2D eigenvalue weighted by atomic mass is 9.83. The van der Waals surface area contributed by atoms with Crippen LogP contribution in [0.25, 0.3) is 6.08 Å². The predicted molar refractivity (Wildman–Crippen MR) is 108 cm³/mol. The van der Waals surface area contributed by atoms with Gasteiger partial charge in [0, 0.05) is 50.6 Å². The van der Waals surface area contributed by atoms with Crippen molar-refractivity contribution in [3.05, 3.63) is 71.8 Å². The minimum atomic E-state index is -0.319. The van der Waals surface area contributed by atoms with E-state index in [1.807, 2.05) is 21.9 Å². The summed E-state index contributed by atoms with van der Waals surface area (Å²) in [6, 6.07) is 10.2. The van der Waals surface area contributed by atoms with Crippen molar-refractivity contribution in [1.29, 1.82) is 0 Å². The molecular weight excluding hydrogens is 369 g/mol. The molecule has 0 saturated carbocycles. The van der Waals surface area contributed by atoms with Gasteiger partial charge in [0.15, 0.2) is 0 Å². The van der Waals surface area contributed by atoms with Crippen LogP contribution in [0.2, 0.25) is 0 Å². The fourth-order valence-corrected chi connectivity index (χ4v) is 4.33. The Morgan fingerprint density at radius 3 is 2.93 bits per heavy atom. The van der Waals surface area contributed by atoms with Crippen LogP contribution in [0.3, 0.4) is 0 Å². The van der Waals surface area contributed by atoms with E-state index in [0.717, 1.165) is 18.4 Å². The molecule has 1 aromatic heterocycles. The van der Waals surface area contributed by atoms with Crippen molar-refractivity contribution in [1.82, 2.24) is 14.8 Å². The molecule has 2 amide bonds. The highest BCUT2D eigenvalue weighted by Gasteiger charge is 2.39. The second kappa shape index (κ2) is 8.55. The summed E-state index contributed by atoms with van der Waals surface area (Å²) in [6.45, 7) is 1.83. The number of halogens is 1. The van der Waals surface area contributed by atoms with Gasteiger partial charge < -0.3 is 9.80 Å². The van der Waals surface area contributed by atoms with Crippen LogP contribution in [0, 0.1) is 11.7 Å². The Bertz CT molecular complexity index is 915. The first-order valence-corrected chi connectivity index (χ1v) is 10.0. The van der Waals surface area contributed by atoms with Gasteiger partial charge in [-0.05, 0) is 54.2 Å². The SMILES string of the molecule is O=C(/C=C/c1cccc(F)c1)N1CC[C@H]2[C@H](CCC(=O)N2Cc2cccnc2)C1. The zero-order valence-corrected chi connectivity index (χ0v) is 16.2. The number of nitrogens with zero attached hydrogens (tertiary/aromatic N) is 3. The molecule has 5 nitrogen and oxygen atoms in total. The maximum atomic E-state index is 13.3. The summed E-state index contributed by atoms with van der Waals surface area (Å²) >= 11 is 0. The number of piperidine rings is 2. The van der Waals surface area contributed by atoms with Gasteiger partial charge in [-0.15, -0.1) is 0 Å². The molecule has 4 rings (SSSR count). The van der Waals surface area contributed by atoms with Crippen molar-refractivity contribution in [2.45, 2.75) is 31.8 Å². The molecule has 0 spiro atoms. The molecule has 6 heteroatoms. The first kappa shape index (κ1) is 19.3. The minimum absolute atomic E-state index is 0.0663. The second-order valence-electron chi connectivity index (χ2n) is 7.71. The summed E-state index contributed by atoms with van der Waals surface area (Å²) in [6.07, 6.45) is 8.79. The average Bonchev–Trinajstić information content (AvgIpc) is 2.74. The van der Waals surface area contributed by atoms with Crippen molar-refractivity contribution in [3.8, 4) is 0 Å². The normalized spacial score (nSPS) is 22.0. The third-order valence-corrected chi connectivity index (χ3v) is 5.80. The van der Waals surface area contributed by atoms with E-state index < -0.39 is 0 Å². The van der Waals surface area contributed by atoms with E-state index >= 15 is 0 Å². The number of hydrogen-bond acceptors (Lipinski definition) is 3. The number of aromatic nitrogens is 1. The topological polar surface area (TPSA) is 53.5 Å². The van der Waals surface area contributed by atoms with E-state index in [0.29, 0.717) is 31.6 Å². The van der Waals surface area contributed by atoms with Gasteiger partial charge in [0.25, 0.3) is 0 Å². The molecule has 0 aliphatic carbocycles. The molecule has 2 fully saturated rings. The molecule has 2 aromatic rings. The Labute approximate surface area is 169 Å². The Kier molecular flexibility index (Phi) is 5.69. The van der Waals surface area contributed by atoms with Gasteiger partial charge in [-0.1, -0.05) is 18.2 Å². The Morgan fingerprint density at radius 2 is 2.14 bits per heavy atom. The van der Waals surface area contributed by atoms with Crippen molar-refractivity contribution in [2.24, 2.45) is 5.92 Å². The third-order valence-electron chi connectivity index (χ3n) is 5.80. The van der Waals surface area contributed by atoms with Crippen LogP contribution < -0.4 is 0 Å². The van der Waals surface area contributed by atoms with Crippen molar-refractivity contribution in [2.75, 3.05) is 13.1 Å². The molecule has 150 valence electrons. The summed E-state index contributed by atoms with van der Waals surface area (Å²) in [5.74, 6) is 0.0786. The Morgan fingerprint density at radius 1 is 1.24 bits per heavy atom. The lowest BCUT2D eigenvalue weighted by Crippen LogP contribution is -2.56. The number of carbonyl (C=O) groups is 2. The quantitative estimate of drug-likeness (QED) is 0.749. The molecule has 0 N–H and O–H groups in total. The second-order valence-corrected chi connectivity index (χ2v) is 7.71. The zero-order valence-electron chi connectivity index (χ0n) is 16.2. The van der Waals surface area contributed by atoms with Gasteiger partial charge in [0.1, 0.15) is 5.82 Å². The highest BCUT2D eigenvalue weighted by atomic mass is 19.1. The first-order chi connectivity index (χ1) is 14.1. The number of pyridine rings is 1. The molecule has 0 bridgehead atoms. The highest BCUT2D eigenvalue weighted by molar-refractivity contribution is 5.92. The summed E-state index contributed by atoms with van der Waals surface area (Å²) in [5.41, 5.74) is 1.69. The van der Waals surface area contributed by atoms with Crippen LogP contribution in [-0.2, 0) is 16.1 Å². The summed E-state index contributed by atoms with van der Waals surface area (Å²) in [5, 5.41) is 0. The molecule has 3 heterocycles. The molecule has 2 saturated heterocycles. The molecule has 2 aliphatic heterocycles. The summed E-state index contributed by atoms with van der Waals surface area (Å²) in [4.78, 5) is 33.1. The van der Waals surface area contributed by atoms with Crippen molar-refractivity contribution >= 4 is 17.9 Å². The summed E-state index contributed by atoms with van der Waals surface area (Å²) in [7, 11) is 0. The van der Waals surface area contributed by atoms with Crippen molar-refractivity contribution in [3.63, 3.8) is 0 Å². The molecular formula is C23H24FN3O2. The monoisotopic (exact) mass is 393 g/mol. The number of hydrogen-bond donors (Lipinski definition) is 0. The smallest absolute Gasteiger partial charge is 0.246 e. The molecule has 2 aliphatic rings. The highest BCUT2D eigenvalue weighted by Crippen LogP contribution is 2.32.